The predicted octanol–water partition coefficient (Wildman–Crippen LogP) is 2.19. The molecule has 0 saturated heterocycles. The van der Waals surface area contributed by atoms with Crippen LogP contribution in [0.1, 0.15) is 31.1 Å². The molecule has 3 amide bonds. The maximum absolute atomic E-state index is 12.1. The van der Waals surface area contributed by atoms with Crippen molar-refractivity contribution < 1.29 is 19.1 Å². The van der Waals surface area contributed by atoms with Gasteiger partial charge in [0.25, 0.3) is 5.91 Å². The minimum atomic E-state index is -1.07. The number of hydrogen-bond donors (Lipinski definition) is 2. The van der Waals surface area contributed by atoms with E-state index < -0.39 is 24.0 Å². The van der Waals surface area contributed by atoms with Gasteiger partial charge in [-0.05, 0) is 39.2 Å². The van der Waals surface area contributed by atoms with Crippen LogP contribution in [0, 0.1) is 0 Å². The van der Waals surface area contributed by atoms with Gasteiger partial charge < -0.3 is 10.1 Å². The van der Waals surface area contributed by atoms with E-state index in [9.17, 15) is 14.4 Å². The minimum Gasteiger partial charge on any atom is -0.449 e. The molecule has 0 fully saturated rings. The second kappa shape index (κ2) is 8.43. The number of rotatable bonds is 5. The maximum Gasteiger partial charge on any atom is 0.340 e. The van der Waals surface area contributed by atoms with Gasteiger partial charge in [-0.3, -0.25) is 10.1 Å². The van der Waals surface area contributed by atoms with Crippen LogP contribution in [0.5, 0.6) is 0 Å². The fourth-order valence-corrected chi connectivity index (χ4v) is 2.19. The summed E-state index contributed by atoms with van der Waals surface area (Å²) in [7, 11) is 0. The van der Waals surface area contributed by atoms with Crippen molar-refractivity contribution in [3.63, 3.8) is 0 Å². The van der Waals surface area contributed by atoms with E-state index in [0.29, 0.717) is 5.56 Å². The number of imide groups is 1. The van der Waals surface area contributed by atoms with E-state index in [1.54, 1.807) is 32.0 Å². The molecule has 0 aromatic heterocycles. The van der Waals surface area contributed by atoms with Crippen molar-refractivity contribution in [3.8, 4) is 0 Å². The van der Waals surface area contributed by atoms with Gasteiger partial charge in [0, 0.05) is 10.9 Å². The molecule has 0 spiro atoms. The Kier molecular flexibility index (Phi) is 6.91. The van der Waals surface area contributed by atoms with Crippen molar-refractivity contribution in [2.75, 3.05) is 6.26 Å². The molecule has 22 heavy (non-hydrogen) atoms. The summed E-state index contributed by atoms with van der Waals surface area (Å²) in [5.74, 6) is -1.27. The zero-order valence-electron chi connectivity index (χ0n) is 13.0. The van der Waals surface area contributed by atoms with Gasteiger partial charge in [0.2, 0.25) is 0 Å². The van der Waals surface area contributed by atoms with E-state index in [2.05, 4.69) is 10.6 Å². The van der Waals surface area contributed by atoms with Crippen LogP contribution in [0.3, 0.4) is 0 Å². The molecule has 1 aromatic carbocycles. The van der Waals surface area contributed by atoms with Crippen LogP contribution < -0.4 is 10.6 Å². The van der Waals surface area contributed by atoms with E-state index in [0.717, 1.165) is 4.90 Å². The molecule has 2 N–H and O–H groups in total. The lowest BCUT2D eigenvalue weighted by Crippen LogP contribution is -2.46. The van der Waals surface area contributed by atoms with E-state index in [1.807, 2.05) is 12.3 Å². The van der Waals surface area contributed by atoms with Crippen LogP contribution in [0.25, 0.3) is 0 Å². The molecule has 1 unspecified atom stereocenters. The van der Waals surface area contributed by atoms with Crippen molar-refractivity contribution in [1.82, 2.24) is 10.6 Å². The second-order valence-corrected chi connectivity index (χ2v) is 5.71. The molecule has 7 heteroatoms. The highest BCUT2D eigenvalue weighted by Crippen LogP contribution is 2.20. The number of amides is 3. The van der Waals surface area contributed by atoms with Gasteiger partial charge in [-0.25, -0.2) is 9.59 Å². The molecule has 0 radical (unpaired) electrons. The second-order valence-electron chi connectivity index (χ2n) is 4.87. The number of nitrogens with one attached hydrogen (secondary N) is 2. The van der Waals surface area contributed by atoms with E-state index in [1.165, 1.54) is 18.7 Å². The summed E-state index contributed by atoms with van der Waals surface area (Å²) in [6, 6.07) is 6.24. The lowest BCUT2D eigenvalue weighted by atomic mass is 10.2. The van der Waals surface area contributed by atoms with Crippen molar-refractivity contribution >= 4 is 29.7 Å². The first-order chi connectivity index (χ1) is 10.3. The fourth-order valence-electron chi connectivity index (χ4n) is 1.60. The number of thioether (sulfide) groups is 1. The van der Waals surface area contributed by atoms with Crippen molar-refractivity contribution in [3.05, 3.63) is 29.8 Å². The van der Waals surface area contributed by atoms with Gasteiger partial charge in [0.1, 0.15) is 0 Å². The lowest BCUT2D eigenvalue weighted by Gasteiger charge is -2.15. The summed E-state index contributed by atoms with van der Waals surface area (Å²) < 4.78 is 5.10. The monoisotopic (exact) mass is 324 g/mol. The summed E-state index contributed by atoms with van der Waals surface area (Å²) in [5.41, 5.74) is 0.390. The van der Waals surface area contributed by atoms with Gasteiger partial charge in [-0.15, -0.1) is 11.8 Å². The molecule has 1 aromatic rings. The molecule has 0 aliphatic rings. The van der Waals surface area contributed by atoms with E-state index in [4.69, 9.17) is 4.74 Å². The molecule has 1 atom stereocenters. The third kappa shape index (κ3) is 5.40. The lowest BCUT2D eigenvalue weighted by molar-refractivity contribution is -0.127. The Balaban J connectivity index is 2.64. The van der Waals surface area contributed by atoms with Crippen LogP contribution in [0.4, 0.5) is 4.79 Å². The smallest absolute Gasteiger partial charge is 0.340 e. The molecule has 0 saturated carbocycles. The Morgan fingerprint density at radius 2 is 1.77 bits per heavy atom. The quantitative estimate of drug-likeness (QED) is 0.640. The summed E-state index contributed by atoms with van der Waals surface area (Å²) >= 11 is 1.41. The Morgan fingerprint density at radius 1 is 1.14 bits per heavy atom. The number of ether oxygens (including phenoxy) is 1. The fraction of sp³-hybridized carbons (Fsp3) is 0.400. The number of carbonyl (C=O) groups excluding carboxylic acids is 3. The SMILES string of the molecule is CSc1ccccc1C(=O)OC(C)C(=O)NC(=O)NC(C)C. The first-order valence-corrected chi connectivity index (χ1v) is 8.03. The normalized spacial score (nSPS) is 11.7. The molecule has 120 valence electrons. The van der Waals surface area contributed by atoms with E-state index >= 15 is 0 Å². The third-order valence-electron chi connectivity index (χ3n) is 2.64. The standard InChI is InChI=1S/C15H20N2O4S/c1-9(2)16-15(20)17-13(18)10(3)21-14(19)11-7-5-6-8-12(11)22-4/h5-10H,1-4H3,(H2,16,17,18,20). The number of benzene rings is 1. The number of urea groups is 1. The Morgan fingerprint density at radius 3 is 2.36 bits per heavy atom. The van der Waals surface area contributed by atoms with E-state index in [-0.39, 0.29) is 6.04 Å². The molecular weight excluding hydrogens is 304 g/mol. The molecule has 6 nitrogen and oxygen atoms in total. The Labute approximate surface area is 134 Å². The number of carbonyl (C=O) groups is 3. The van der Waals surface area contributed by atoms with Crippen LogP contribution in [0.15, 0.2) is 29.2 Å². The van der Waals surface area contributed by atoms with Crippen molar-refractivity contribution in [2.45, 2.75) is 37.8 Å². The summed E-state index contributed by atoms with van der Waals surface area (Å²) in [4.78, 5) is 36.1. The number of hydrogen-bond acceptors (Lipinski definition) is 5. The molecule has 1 rings (SSSR count). The van der Waals surface area contributed by atoms with Crippen molar-refractivity contribution in [1.29, 1.82) is 0 Å². The molecule has 0 heterocycles. The van der Waals surface area contributed by atoms with Crippen LogP contribution >= 0.6 is 11.8 Å². The highest BCUT2D eigenvalue weighted by atomic mass is 32.2. The first kappa shape index (κ1) is 18.0. The van der Waals surface area contributed by atoms with Gasteiger partial charge in [-0.2, -0.15) is 0 Å². The largest absolute Gasteiger partial charge is 0.449 e. The van der Waals surface area contributed by atoms with Gasteiger partial charge in [-0.1, -0.05) is 12.1 Å². The van der Waals surface area contributed by atoms with Gasteiger partial charge >= 0.3 is 12.0 Å². The Hall–Kier alpha value is -2.02. The summed E-state index contributed by atoms with van der Waals surface area (Å²) in [6.45, 7) is 4.96. The van der Waals surface area contributed by atoms with Crippen molar-refractivity contribution in [2.24, 2.45) is 0 Å². The molecule has 0 aliphatic heterocycles. The Bertz CT molecular complexity index is 560. The molecule has 0 aliphatic carbocycles. The van der Waals surface area contributed by atoms with Gasteiger partial charge in [0.15, 0.2) is 6.10 Å². The third-order valence-corrected chi connectivity index (χ3v) is 3.43. The van der Waals surface area contributed by atoms with Gasteiger partial charge in [0.05, 0.1) is 5.56 Å². The van der Waals surface area contributed by atoms with Crippen LogP contribution in [-0.4, -0.2) is 36.3 Å². The summed E-state index contributed by atoms with van der Waals surface area (Å²) in [5, 5.41) is 4.64. The van der Waals surface area contributed by atoms with Crippen LogP contribution in [0.2, 0.25) is 0 Å². The summed E-state index contributed by atoms with van der Waals surface area (Å²) in [6.07, 6.45) is 0.777. The predicted molar refractivity (Wildman–Crippen MR) is 84.9 cm³/mol. The zero-order valence-corrected chi connectivity index (χ0v) is 13.8. The highest BCUT2D eigenvalue weighted by molar-refractivity contribution is 7.98. The molecule has 0 bridgehead atoms. The zero-order chi connectivity index (χ0) is 16.7. The van der Waals surface area contributed by atoms with Crippen LogP contribution in [-0.2, 0) is 9.53 Å². The topological polar surface area (TPSA) is 84.5 Å². The molecular formula is C15H20N2O4S. The average Bonchev–Trinajstić information content (AvgIpc) is 2.45. The minimum absolute atomic E-state index is 0.0980. The maximum atomic E-state index is 12.1. The highest BCUT2D eigenvalue weighted by Gasteiger charge is 2.22. The first-order valence-electron chi connectivity index (χ1n) is 6.80. The number of esters is 1. The average molecular weight is 324 g/mol.